The molecule has 6 nitrogen and oxygen atoms in total. The van der Waals surface area contributed by atoms with Crippen LogP contribution < -0.4 is 10.1 Å². The van der Waals surface area contributed by atoms with Crippen molar-refractivity contribution in [1.29, 1.82) is 0 Å². The van der Waals surface area contributed by atoms with E-state index in [2.05, 4.69) is 15.4 Å². The molecule has 1 amide bonds. The van der Waals surface area contributed by atoms with Gasteiger partial charge in [-0.1, -0.05) is 36.6 Å². The highest BCUT2D eigenvalue weighted by Gasteiger charge is 2.38. The maximum absolute atomic E-state index is 13.2. The van der Waals surface area contributed by atoms with E-state index in [-0.39, 0.29) is 16.6 Å². The number of rotatable bonds is 4. The summed E-state index contributed by atoms with van der Waals surface area (Å²) in [5, 5.41) is 7.95. The van der Waals surface area contributed by atoms with E-state index < -0.39 is 5.54 Å². The molecule has 28 heavy (non-hydrogen) atoms. The van der Waals surface area contributed by atoms with Gasteiger partial charge in [0.25, 0.3) is 5.91 Å². The Kier molecular flexibility index (Phi) is 4.75. The van der Waals surface area contributed by atoms with Crippen molar-refractivity contribution in [1.82, 2.24) is 19.9 Å². The Bertz CT molecular complexity index is 1040. The summed E-state index contributed by atoms with van der Waals surface area (Å²) in [4.78, 5) is 17.6. The van der Waals surface area contributed by atoms with Crippen molar-refractivity contribution in [2.24, 2.45) is 0 Å². The maximum atomic E-state index is 13.2. The fourth-order valence-corrected chi connectivity index (χ4v) is 4.34. The molecular formula is C21H23ClN4O2. The Balaban J connectivity index is 1.70. The van der Waals surface area contributed by atoms with Gasteiger partial charge in [-0.2, -0.15) is 5.10 Å². The van der Waals surface area contributed by atoms with Gasteiger partial charge < -0.3 is 10.1 Å². The van der Waals surface area contributed by atoms with E-state index in [1.54, 1.807) is 11.6 Å². The number of hydrogen-bond acceptors (Lipinski definition) is 4. The number of halogens is 1. The van der Waals surface area contributed by atoms with Gasteiger partial charge in [-0.15, -0.1) is 0 Å². The Morgan fingerprint density at radius 3 is 2.54 bits per heavy atom. The molecule has 0 saturated heterocycles. The lowest BCUT2D eigenvalue weighted by Gasteiger charge is -2.31. The maximum Gasteiger partial charge on any atom is 0.274 e. The van der Waals surface area contributed by atoms with Crippen LogP contribution in [0.5, 0.6) is 5.75 Å². The summed E-state index contributed by atoms with van der Waals surface area (Å²) in [6, 6.07) is 9.80. The molecule has 0 unspecified atom stereocenters. The number of aryl methyl sites for hydroxylation is 2. The van der Waals surface area contributed by atoms with E-state index in [1.165, 1.54) is 0 Å². The molecule has 1 aliphatic carbocycles. The normalized spacial score (nSPS) is 15.7. The minimum Gasteiger partial charge on any atom is -0.497 e. The molecule has 7 heteroatoms. The lowest BCUT2D eigenvalue weighted by atomic mass is 9.88. The number of nitrogens with zero attached hydrogens (tertiary/aromatic N) is 3. The van der Waals surface area contributed by atoms with Gasteiger partial charge in [0.2, 0.25) is 0 Å². The molecule has 1 N–H and O–H groups in total. The molecule has 1 aliphatic rings. The second-order valence-electron chi connectivity index (χ2n) is 7.41. The van der Waals surface area contributed by atoms with Gasteiger partial charge in [0, 0.05) is 11.4 Å². The first-order chi connectivity index (χ1) is 13.4. The summed E-state index contributed by atoms with van der Waals surface area (Å²) in [5.41, 5.74) is 3.10. The number of benzene rings is 1. The van der Waals surface area contributed by atoms with Gasteiger partial charge in [0.15, 0.2) is 11.3 Å². The first-order valence-electron chi connectivity index (χ1n) is 9.43. The minimum atomic E-state index is -0.416. The average Bonchev–Trinajstić information content (AvgIpc) is 3.28. The zero-order valence-corrected chi connectivity index (χ0v) is 17.0. The Labute approximate surface area is 168 Å². The summed E-state index contributed by atoms with van der Waals surface area (Å²) in [7, 11) is 1.64. The van der Waals surface area contributed by atoms with Crippen molar-refractivity contribution in [3.05, 3.63) is 58.0 Å². The fraction of sp³-hybridized carbons (Fsp3) is 0.381. The molecule has 1 saturated carbocycles. The largest absolute Gasteiger partial charge is 0.497 e. The molecular weight excluding hydrogens is 376 g/mol. The summed E-state index contributed by atoms with van der Waals surface area (Å²) >= 11 is 6.49. The number of ether oxygens (including phenoxy) is 1. The molecule has 1 aromatic carbocycles. The van der Waals surface area contributed by atoms with E-state index in [0.717, 1.165) is 48.4 Å². The SMILES string of the molecule is COc1ccc(C2(NC(=O)c3nn4c(C)cc(C)nc4c3Cl)CCCC2)cc1. The zero-order chi connectivity index (χ0) is 19.9. The third-order valence-corrected chi connectivity index (χ3v) is 5.85. The molecule has 2 aromatic heterocycles. The predicted molar refractivity (Wildman–Crippen MR) is 108 cm³/mol. The molecule has 0 radical (unpaired) electrons. The summed E-state index contributed by atoms with van der Waals surface area (Å²) < 4.78 is 6.88. The lowest BCUT2D eigenvalue weighted by molar-refractivity contribution is 0.0893. The van der Waals surface area contributed by atoms with Crippen LogP contribution in [-0.2, 0) is 5.54 Å². The number of carbonyl (C=O) groups is 1. The van der Waals surface area contributed by atoms with E-state index in [4.69, 9.17) is 16.3 Å². The van der Waals surface area contributed by atoms with Crippen LogP contribution in [0.2, 0.25) is 5.02 Å². The summed E-state index contributed by atoms with van der Waals surface area (Å²) in [6.45, 7) is 3.82. The van der Waals surface area contributed by atoms with Gasteiger partial charge in [-0.05, 0) is 50.5 Å². The van der Waals surface area contributed by atoms with Gasteiger partial charge in [-0.25, -0.2) is 9.50 Å². The second-order valence-corrected chi connectivity index (χ2v) is 7.79. The van der Waals surface area contributed by atoms with Crippen LogP contribution in [0.1, 0.15) is 53.1 Å². The Morgan fingerprint density at radius 2 is 1.89 bits per heavy atom. The molecule has 146 valence electrons. The quantitative estimate of drug-likeness (QED) is 0.714. The van der Waals surface area contributed by atoms with Crippen LogP contribution in [0.4, 0.5) is 0 Å². The van der Waals surface area contributed by atoms with Crippen molar-refractivity contribution in [2.75, 3.05) is 7.11 Å². The van der Waals surface area contributed by atoms with Crippen molar-refractivity contribution in [3.63, 3.8) is 0 Å². The lowest BCUT2D eigenvalue weighted by Crippen LogP contribution is -2.44. The molecule has 0 atom stereocenters. The van der Waals surface area contributed by atoms with Gasteiger partial charge in [0.05, 0.1) is 12.6 Å². The van der Waals surface area contributed by atoms with Gasteiger partial charge >= 0.3 is 0 Å². The van der Waals surface area contributed by atoms with E-state index in [0.29, 0.717) is 5.65 Å². The number of methoxy groups -OCH3 is 1. The fourth-order valence-electron chi connectivity index (χ4n) is 4.09. The molecule has 0 bridgehead atoms. The number of nitrogens with one attached hydrogen (secondary N) is 1. The van der Waals surface area contributed by atoms with Crippen LogP contribution in [0, 0.1) is 13.8 Å². The minimum absolute atomic E-state index is 0.211. The third kappa shape index (κ3) is 3.11. The third-order valence-electron chi connectivity index (χ3n) is 5.51. The van der Waals surface area contributed by atoms with Crippen molar-refractivity contribution in [3.8, 4) is 5.75 Å². The van der Waals surface area contributed by atoms with Crippen molar-refractivity contribution < 1.29 is 9.53 Å². The molecule has 4 rings (SSSR count). The summed E-state index contributed by atoms with van der Waals surface area (Å²) in [5.74, 6) is 0.522. The zero-order valence-electron chi connectivity index (χ0n) is 16.3. The van der Waals surface area contributed by atoms with Gasteiger partial charge in [0.1, 0.15) is 10.8 Å². The number of aromatic nitrogens is 3. The van der Waals surface area contributed by atoms with E-state index in [1.807, 2.05) is 44.2 Å². The topological polar surface area (TPSA) is 68.5 Å². The molecule has 2 heterocycles. The first kappa shape index (κ1) is 18.7. The van der Waals surface area contributed by atoms with Crippen molar-refractivity contribution >= 4 is 23.2 Å². The second kappa shape index (κ2) is 7.09. The summed E-state index contributed by atoms with van der Waals surface area (Å²) in [6.07, 6.45) is 3.88. The highest BCUT2D eigenvalue weighted by atomic mass is 35.5. The number of fused-ring (bicyclic) bond motifs is 1. The highest BCUT2D eigenvalue weighted by molar-refractivity contribution is 6.36. The molecule has 1 fully saturated rings. The number of hydrogen-bond donors (Lipinski definition) is 1. The van der Waals surface area contributed by atoms with Gasteiger partial charge in [-0.3, -0.25) is 4.79 Å². The molecule has 3 aromatic rings. The predicted octanol–water partition coefficient (Wildman–Crippen LogP) is 4.21. The monoisotopic (exact) mass is 398 g/mol. The van der Waals surface area contributed by atoms with Crippen LogP contribution in [-0.4, -0.2) is 27.6 Å². The highest BCUT2D eigenvalue weighted by Crippen LogP contribution is 2.39. The van der Waals surface area contributed by atoms with Crippen LogP contribution in [0.3, 0.4) is 0 Å². The average molecular weight is 399 g/mol. The smallest absolute Gasteiger partial charge is 0.274 e. The van der Waals surface area contributed by atoms with E-state index in [9.17, 15) is 4.79 Å². The van der Waals surface area contributed by atoms with Crippen LogP contribution in [0.25, 0.3) is 5.65 Å². The first-order valence-corrected chi connectivity index (χ1v) is 9.81. The van der Waals surface area contributed by atoms with E-state index >= 15 is 0 Å². The number of amides is 1. The molecule has 0 aliphatic heterocycles. The number of carbonyl (C=O) groups excluding carboxylic acids is 1. The van der Waals surface area contributed by atoms with Crippen LogP contribution in [0.15, 0.2) is 30.3 Å². The Morgan fingerprint density at radius 1 is 1.21 bits per heavy atom. The standard InChI is InChI=1S/C21H23ClN4O2/c1-13-12-14(2)26-19(23-13)17(22)18(25-26)20(27)24-21(10-4-5-11-21)15-6-8-16(28-3)9-7-15/h6-9,12H,4-5,10-11H2,1-3H3,(H,24,27). The Hall–Kier alpha value is -2.60. The van der Waals surface area contributed by atoms with Crippen LogP contribution >= 0.6 is 11.6 Å². The van der Waals surface area contributed by atoms with Crippen molar-refractivity contribution in [2.45, 2.75) is 45.1 Å². The molecule has 0 spiro atoms.